The van der Waals surface area contributed by atoms with Crippen LogP contribution in [0.4, 0.5) is 0 Å². The maximum Gasteiger partial charge on any atom is 1.00 e. The largest absolute Gasteiger partial charge is 1.00 e. The second-order valence-electron chi connectivity index (χ2n) is 2.51. The van der Waals surface area contributed by atoms with Crippen LogP contribution in [0.25, 0.3) is 5.43 Å². The summed E-state index contributed by atoms with van der Waals surface area (Å²) in [7, 11) is 0. The van der Waals surface area contributed by atoms with Crippen molar-refractivity contribution in [2.24, 2.45) is 0 Å². The molecule has 0 aromatic carbocycles. The first-order valence-corrected chi connectivity index (χ1v) is 2.29. The van der Waals surface area contributed by atoms with Crippen LogP contribution in [-0.2, 0) is 0 Å². The number of hydrogen-bond acceptors (Lipinski definition) is 2. The van der Waals surface area contributed by atoms with Gasteiger partial charge in [-0.3, -0.25) is 10.1 Å². The zero-order chi connectivity index (χ0) is 6.78. The van der Waals surface area contributed by atoms with Crippen LogP contribution in [0.3, 0.4) is 0 Å². The summed E-state index contributed by atoms with van der Waals surface area (Å²) in [6.07, 6.45) is 0. The Morgan fingerprint density at radius 1 is 1.44 bits per heavy atom. The molecule has 0 amide bonds. The predicted molar refractivity (Wildman–Crippen MR) is 30.1 cm³/mol. The summed E-state index contributed by atoms with van der Waals surface area (Å²) in [5, 5.41) is 8.99. The monoisotopic (exact) mass is 140 g/mol. The van der Waals surface area contributed by atoms with E-state index in [4.69, 9.17) is 0 Å². The molecule has 5 heteroatoms. The molecule has 48 valence electrons. The second-order valence-corrected chi connectivity index (χ2v) is 2.51. The Morgan fingerprint density at radius 3 is 1.78 bits per heavy atom. The van der Waals surface area contributed by atoms with E-state index >= 15 is 0 Å². The second kappa shape index (κ2) is 4.09. The van der Waals surface area contributed by atoms with Crippen molar-refractivity contribution in [3.8, 4) is 0 Å². The minimum absolute atomic E-state index is 0. The zero-order valence-electron chi connectivity index (χ0n) is 6.21. The molecule has 0 aromatic heterocycles. The molecular weight excluding hydrogens is 131 g/mol. The normalized spacial score (nSPS) is 9.67. The van der Waals surface area contributed by atoms with Crippen molar-refractivity contribution in [2.45, 2.75) is 26.3 Å². The Kier molecular flexibility index (Phi) is 5.42. The van der Waals surface area contributed by atoms with Crippen LogP contribution in [-0.4, -0.2) is 10.6 Å². The number of rotatable bonds is 1. The molecule has 0 bridgehead atoms. The van der Waals surface area contributed by atoms with Crippen molar-refractivity contribution in [1.82, 2.24) is 0 Å². The molecule has 0 heterocycles. The number of nitro groups is 1. The third kappa shape index (κ3) is 11.7. The molecule has 0 saturated carbocycles. The fraction of sp³-hybridized carbons (Fsp3) is 1.00. The van der Waals surface area contributed by atoms with E-state index in [-0.39, 0.29) is 29.6 Å². The molecule has 0 aromatic rings. The topological polar surface area (TPSA) is 57.2 Å². The van der Waals surface area contributed by atoms with Crippen molar-refractivity contribution in [2.75, 3.05) is 0 Å². The van der Waals surface area contributed by atoms with E-state index in [1.165, 1.54) is 0 Å². The van der Waals surface area contributed by atoms with Gasteiger partial charge in [-0.2, -0.15) is 0 Å². The van der Waals surface area contributed by atoms with Crippen LogP contribution in [0.2, 0.25) is 0 Å². The van der Waals surface area contributed by atoms with Gasteiger partial charge in [-0.25, -0.2) is 0 Å². The van der Waals surface area contributed by atoms with Gasteiger partial charge in [0.2, 0.25) is 0 Å². The van der Waals surface area contributed by atoms with Crippen LogP contribution >= 0.6 is 0 Å². The van der Waals surface area contributed by atoms with Gasteiger partial charge >= 0.3 is 29.6 Å². The molecular formula is C4H9N2NaO2. The minimum Gasteiger partial charge on any atom is -0.373 e. The summed E-state index contributed by atoms with van der Waals surface area (Å²) in [5.74, 6) is 0. The van der Waals surface area contributed by atoms with Gasteiger partial charge in [-0.05, 0) is 5.03 Å². The first kappa shape index (κ1) is 11.9. The van der Waals surface area contributed by atoms with Crippen LogP contribution in [0, 0.1) is 10.1 Å². The molecule has 0 aliphatic carbocycles. The molecule has 4 nitrogen and oxygen atoms in total. The first-order valence-electron chi connectivity index (χ1n) is 2.29. The summed E-state index contributed by atoms with van der Waals surface area (Å²) in [5.41, 5.74) is 2.58. The predicted octanol–water partition coefficient (Wildman–Crippen LogP) is -1.65. The molecule has 9 heavy (non-hydrogen) atoms. The van der Waals surface area contributed by atoms with Gasteiger partial charge in [-0.1, -0.05) is 26.3 Å². The Bertz CT molecular complexity index is 99.2. The molecule has 0 saturated heterocycles. The van der Waals surface area contributed by atoms with Crippen molar-refractivity contribution in [3.05, 3.63) is 15.5 Å². The minimum atomic E-state index is -0.667. The van der Waals surface area contributed by atoms with E-state index in [0.717, 1.165) is 0 Å². The zero-order valence-corrected chi connectivity index (χ0v) is 8.21. The van der Waals surface area contributed by atoms with Gasteiger partial charge in [-0.15, -0.1) is 0 Å². The Hall–Kier alpha value is 0.200. The summed E-state index contributed by atoms with van der Waals surface area (Å²) >= 11 is 0. The maximum absolute atomic E-state index is 9.65. The molecule has 0 atom stereocenters. The standard InChI is InChI=1S/C4H9N2O2.Na/c1-4(2,3)5-6(7)8;/h1-3H3;/q-1;+1. The Balaban J connectivity index is 0. The van der Waals surface area contributed by atoms with Crippen LogP contribution in [0.1, 0.15) is 20.8 Å². The Morgan fingerprint density at radius 2 is 1.78 bits per heavy atom. The third-order valence-corrected chi connectivity index (χ3v) is 0.382. The average Bonchev–Trinajstić information content (AvgIpc) is 1.21. The summed E-state index contributed by atoms with van der Waals surface area (Å²) in [6.45, 7) is 5.03. The van der Waals surface area contributed by atoms with Gasteiger partial charge in [0, 0.05) is 0 Å². The fourth-order valence-corrected chi connectivity index (χ4v) is 0.245. The van der Waals surface area contributed by atoms with Gasteiger partial charge in [0.25, 0.3) is 0 Å². The SMILES string of the molecule is CC(C)(C)[N-][N+](=O)[O-].[Na+]. The van der Waals surface area contributed by atoms with Crippen LogP contribution in [0.5, 0.6) is 0 Å². The first-order chi connectivity index (χ1) is 3.42. The van der Waals surface area contributed by atoms with Gasteiger partial charge in [0.1, 0.15) is 0 Å². The van der Waals surface area contributed by atoms with Gasteiger partial charge < -0.3 is 5.43 Å². The van der Waals surface area contributed by atoms with Gasteiger partial charge in [0.15, 0.2) is 0 Å². The quantitative estimate of drug-likeness (QED) is 0.249. The number of nitrogens with zero attached hydrogens (tertiary/aromatic N) is 2. The fourth-order valence-electron chi connectivity index (χ4n) is 0.245. The molecule has 0 N–H and O–H groups in total. The third-order valence-electron chi connectivity index (χ3n) is 0.382. The van der Waals surface area contributed by atoms with Crippen LogP contribution in [0.15, 0.2) is 0 Å². The average molecular weight is 140 g/mol. The summed E-state index contributed by atoms with van der Waals surface area (Å²) < 4.78 is 0. The molecule has 0 aliphatic rings. The molecule has 0 fully saturated rings. The molecule has 0 unspecified atom stereocenters. The number of hydrogen-bond donors (Lipinski definition) is 0. The van der Waals surface area contributed by atoms with E-state index in [1.807, 2.05) is 0 Å². The molecule has 0 radical (unpaired) electrons. The van der Waals surface area contributed by atoms with Crippen LogP contribution < -0.4 is 29.6 Å². The van der Waals surface area contributed by atoms with E-state index in [2.05, 4.69) is 5.43 Å². The Labute approximate surface area is 76.4 Å². The molecule has 0 rings (SSSR count). The van der Waals surface area contributed by atoms with Gasteiger partial charge in [0.05, 0.1) is 0 Å². The van der Waals surface area contributed by atoms with E-state index in [9.17, 15) is 10.1 Å². The van der Waals surface area contributed by atoms with E-state index < -0.39 is 10.6 Å². The smallest absolute Gasteiger partial charge is 0.373 e. The van der Waals surface area contributed by atoms with E-state index in [0.29, 0.717) is 0 Å². The van der Waals surface area contributed by atoms with E-state index in [1.54, 1.807) is 20.8 Å². The van der Waals surface area contributed by atoms with Crippen molar-refractivity contribution >= 4 is 0 Å². The van der Waals surface area contributed by atoms with Crippen molar-refractivity contribution < 1.29 is 34.6 Å². The van der Waals surface area contributed by atoms with Crippen molar-refractivity contribution in [3.63, 3.8) is 0 Å². The van der Waals surface area contributed by atoms with Crippen molar-refractivity contribution in [1.29, 1.82) is 0 Å². The summed E-state index contributed by atoms with van der Waals surface area (Å²) in [4.78, 5) is 9.65. The molecule has 0 aliphatic heterocycles. The maximum atomic E-state index is 9.65. The summed E-state index contributed by atoms with van der Waals surface area (Å²) in [6, 6.07) is 0. The molecule has 0 spiro atoms.